The lowest BCUT2D eigenvalue weighted by Crippen LogP contribution is -2.36. The number of rotatable bonds is 5. The number of nitrogens with zero attached hydrogens (tertiary/aromatic N) is 1. The Morgan fingerprint density at radius 2 is 1.86 bits per heavy atom. The monoisotopic (exact) mass is 443 g/mol. The molecule has 9 heteroatoms. The summed E-state index contributed by atoms with van der Waals surface area (Å²) in [5.41, 5.74) is 0.185. The van der Waals surface area contributed by atoms with Crippen LogP contribution < -0.4 is 10.0 Å². The van der Waals surface area contributed by atoms with Crippen molar-refractivity contribution in [2.45, 2.75) is 57.9 Å². The van der Waals surface area contributed by atoms with Crippen molar-refractivity contribution >= 4 is 45.1 Å². The molecule has 154 valence electrons. The largest absolute Gasteiger partial charge is 0.444 e. The van der Waals surface area contributed by atoms with Crippen molar-refractivity contribution in [1.82, 2.24) is 9.71 Å². The van der Waals surface area contributed by atoms with Gasteiger partial charge in [0.2, 0.25) is 0 Å². The highest BCUT2D eigenvalue weighted by molar-refractivity contribution is 7.84. The zero-order valence-electron chi connectivity index (χ0n) is 16.8. The number of thiazole rings is 1. The predicted octanol–water partition coefficient (Wildman–Crippen LogP) is 5.28. The second-order valence-electron chi connectivity index (χ2n) is 8.15. The zero-order valence-corrected chi connectivity index (χ0v) is 19.2. The molecule has 0 saturated carbocycles. The Kier molecular flexibility index (Phi) is 7.25. The number of amides is 1. The highest BCUT2D eigenvalue weighted by Crippen LogP contribution is 2.34. The number of aromatic nitrogens is 1. The third-order valence-electron chi connectivity index (χ3n) is 3.41. The van der Waals surface area contributed by atoms with E-state index in [9.17, 15) is 9.00 Å². The van der Waals surface area contributed by atoms with Gasteiger partial charge in [0.15, 0.2) is 5.13 Å². The van der Waals surface area contributed by atoms with E-state index in [0.29, 0.717) is 10.2 Å². The Bertz CT molecular complexity index is 857. The maximum absolute atomic E-state index is 12.7. The first-order valence-corrected chi connectivity index (χ1v) is 11.1. The van der Waals surface area contributed by atoms with E-state index in [1.54, 1.807) is 33.0 Å². The summed E-state index contributed by atoms with van der Waals surface area (Å²) >= 11 is 7.66. The maximum atomic E-state index is 12.7. The Labute approximate surface area is 177 Å². The average molecular weight is 444 g/mol. The van der Waals surface area contributed by atoms with Crippen LogP contribution in [0, 0.1) is 0 Å². The third-order valence-corrected chi connectivity index (χ3v) is 6.30. The molecule has 6 nitrogen and oxygen atoms in total. The summed E-state index contributed by atoms with van der Waals surface area (Å²) in [6, 6.07) is 6.94. The van der Waals surface area contributed by atoms with Crippen molar-refractivity contribution in [1.29, 1.82) is 0 Å². The third kappa shape index (κ3) is 6.55. The highest BCUT2D eigenvalue weighted by Gasteiger charge is 2.27. The Balaban J connectivity index is 2.29. The second-order valence-corrected chi connectivity index (χ2v) is 11.6. The number of hydrogen-bond acceptors (Lipinski definition) is 5. The van der Waals surface area contributed by atoms with Crippen LogP contribution in [0.4, 0.5) is 9.93 Å². The van der Waals surface area contributed by atoms with Gasteiger partial charge in [0.05, 0.1) is 21.8 Å². The molecular formula is C19H26ClN3O3S2. The molecule has 0 spiro atoms. The van der Waals surface area contributed by atoms with Gasteiger partial charge in [0.1, 0.15) is 5.60 Å². The normalized spacial score (nSPS) is 14.4. The summed E-state index contributed by atoms with van der Waals surface area (Å²) in [6.45, 7) is 11.0. The van der Waals surface area contributed by atoms with Gasteiger partial charge in [0.25, 0.3) is 0 Å². The van der Waals surface area contributed by atoms with Crippen LogP contribution in [0.2, 0.25) is 5.02 Å². The molecule has 0 fully saturated rings. The minimum atomic E-state index is -1.33. The molecule has 1 aromatic carbocycles. The molecule has 2 rings (SSSR count). The van der Waals surface area contributed by atoms with E-state index in [1.165, 1.54) is 11.3 Å². The highest BCUT2D eigenvalue weighted by atomic mass is 35.5. The molecule has 2 unspecified atom stereocenters. The molecule has 28 heavy (non-hydrogen) atoms. The summed E-state index contributed by atoms with van der Waals surface area (Å²) in [4.78, 5) is 17.0. The molecule has 0 saturated heterocycles. The number of halogens is 1. The van der Waals surface area contributed by atoms with Crippen LogP contribution >= 0.6 is 22.9 Å². The Hall–Kier alpha value is -1.48. The van der Waals surface area contributed by atoms with Crippen molar-refractivity contribution in [2.24, 2.45) is 0 Å². The van der Waals surface area contributed by atoms with E-state index in [4.69, 9.17) is 16.3 Å². The fourth-order valence-corrected chi connectivity index (χ4v) is 4.15. The van der Waals surface area contributed by atoms with Crippen LogP contribution in [0.3, 0.4) is 0 Å². The number of carbonyl (C=O) groups is 1. The van der Waals surface area contributed by atoms with Crippen LogP contribution in [0.15, 0.2) is 30.5 Å². The molecule has 0 aliphatic carbocycles. The lowest BCUT2D eigenvalue weighted by atomic mass is 10.1. The Morgan fingerprint density at radius 1 is 1.21 bits per heavy atom. The number of carbonyl (C=O) groups excluding carboxylic acids is 1. The van der Waals surface area contributed by atoms with E-state index in [2.05, 4.69) is 15.0 Å². The molecule has 0 aliphatic heterocycles. The van der Waals surface area contributed by atoms with Crippen molar-refractivity contribution in [2.75, 3.05) is 5.32 Å². The van der Waals surface area contributed by atoms with Gasteiger partial charge in [-0.3, -0.25) is 5.32 Å². The van der Waals surface area contributed by atoms with Crippen molar-refractivity contribution in [3.05, 3.63) is 45.9 Å². The van der Waals surface area contributed by atoms with Gasteiger partial charge in [-0.2, -0.15) is 0 Å². The second kappa shape index (κ2) is 8.90. The van der Waals surface area contributed by atoms with Gasteiger partial charge in [-0.15, -0.1) is 0 Å². The summed E-state index contributed by atoms with van der Waals surface area (Å²) in [7, 11) is -1.33. The summed E-state index contributed by atoms with van der Waals surface area (Å²) < 4.78 is 20.7. The fourth-order valence-electron chi connectivity index (χ4n) is 2.14. The lowest BCUT2D eigenvalue weighted by Gasteiger charge is -2.24. The SMILES string of the molecule is CC(C)(C)OC(=O)Nc1ncc(C(NS(=O)C(C)(C)C)c2ccccc2Cl)s1. The van der Waals surface area contributed by atoms with E-state index in [1.807, 2.05) is 39.0 Å². The van der Waals surface area contributed by atoms with Crippen LogP contribution in [0.1, 0.15) is 58.0 Å². The first-order valence-electron chi connectivity index (χ1n) is 8.75. The molecule has 0 radical (unpaired) electrons. The van der Waals surface area contributed by atoms with E-state index >= 15 is 0 Å². The molecule has 2 N–H and O–H groups in total. The van der Waals surface area contributed by atoms with Gasteiger partial charge in [-0.1, -0.05) is 41.1 Å². The molecule has 0 bridgehead atoms. The standard InChI is InChI=1S/C19H26ClN3O3S2/c1-18(2,3)26-17(24)22-16-21-11-14(27-16)15(23-28(25)19(4,5)6)12-9-7-8-10-13(12)20/h7-11,15,23H,1-6H3,(H,21,22,24). The number of hydrogen-bond donors (Lipinski definition) is 2. The molecule has 0 aliphatic rings. The van der Waals surface area contributed by atoms with Gasteiger partial charge in [-0.05, 0) is 53.2 Å². The van der Waals surface area contributed by atoms with Crippen LogP contribution in [-0.2, 0) is 15.7 Å². The molecule has 2 atom stereocenters. The first-order chi connectivity index (χ1) is 12.9. The fraction of sp³-hybridized carbons (Fsp3) is 0.474. The van der Waals surface area contributed by atoms with Crippen molar-refractivity contribution in [3.63, 3.8) is 0 Å². The maximum Gasteiger partial charge on any atom is 0.413 e. The van der Waals surface area contributed by atoms with Gasteiger partial charge >= 0.3 is 6.09 Å². The van der Waals surface area contributed by atoms with Crippen LogP contribution in [0.5, 0.6) is 0 Å². The van der Waals surface area contributed by atoms with E-state index < -0.39 is 33.5 Å². The average Bonchev–Trinajstić information content (AvgIpc) is 2.98. The minimum absolute atomic E-state index is 0.393. The summed E-state index contributed by atoms with van der Waals surface area (Å²) in [6.07, 6.45) is 1.06. The minimum Gasteiger partial charge on any atom is -0.444 e. The lowest BCUT2D eigenvalue weighted by molar-refractivity contribution is 0.0636. The number of ether oxygens (including phenoxy) is 1. The van der Waals surface area contributed by atoms with Crippen LogP contribution in [-0.4, -0.2) is 25.6 Å². The van der Waals surface area contributed by atoms with Gasteiger partial charge in [0, 0.05) is 16.1 Å². The van der Waals surface area contributed by atoms with Crippen molar-refractivity contribution in [3.8, 4) is 0 Å². The molecule has 1 heterocycles. The number of benzene rings is 1. The van der Waals surface area contributed by atoms with Crippen molar-refractivity contribution < 1.29 is 13.7 Å². The zero-order chi connectivity index (χ0) is 21.1. The quantitative estimate of drug-likeness (QED) is 0.658. The molecule has 1 aromatic heterocycles. The molecular weight excluding hydrogens is 418 g/mol. The molecule has 2 aromatic rings. The summed E-state index contributed by atoms with van der Waals surface area (Å²) in [5.74, 6) is 0. The smallest absolute Gasteiger partial charge is 0.413 e. The van der Waals surface area contributed by atoms with Crippen LogP contribution in [0.25, 0.3) is 0 Å². The van der Waals surface area contributed by atoms with Gasteiger partial charge in [-0.25, -0.2) is 18.7 Å². The molecule has 1 amide bonds. The number of nitrogens with one attached hydrogen (secondary N) is 2. The predicted molar refractivity (Wildman–Crippen MR) is 116 cm³/mol. The van der Waals surface area contributed by atoms with Gasteiger partial charge < -0.3 is 4.74 Å². The Morgan fingerprint density at radius 3 is 2.43 bits per heavy atom. The van der Waals surface area contributed by atoms with E-state index in [0.717, 1.165) is 10.4 Å². The number of anilines is 1. The summed E-state index contributed by atoms with van der Waals surface area (Å²) in [5, 5.41) is 3.58. The topological polar surface area (TPSA) is 80.3 Å². The first kappa shape index (κ1) is 22.8. The van der Waals surface area contributed by atoms with E-state index in [-0.39, 0.29) is 0 Å².